The number of cyclic esters (lactones) is 1. The highest BCUT2D eigenvalue weighted by atomic mass is 16.6. The molecule has 1 aliphatic heterocycles. The van der Waals surface area contributed by atoms with E-state index in [1.165, 1.54) is 6.08 Å². The van der Waals surface area contributed by atoms with Gasteiger partial charge in [-0.05, 0) is 60.3 Å². The second-order valence-electron chi connectivity index (χ2n) is 9.08. The molecule has 4 atom stereocenters. The molecule has 5 nitrogen and oxygen atoms in total. The Morgan fingerprint density at radius 1 is 1.28 bits per heavy atom. The zero-order valence-electron chi connectivity index (χ0n) is 19.0. The molecule has 0 aromatic rings. The van der Waals surface area contributed by atoms with Crippen LogP contribution in [-0.2, 0) is 14.3 Å². The van der Waals surface area contributed by atoms with Gasteiger partial charge in [-0.15, -0.1) is 0 Å². The number of esters is 1. The molecule has 1 rings (SSSR count). The van der Waals surface area contributed by atoms with E-state index >= 15 is 0 Å². The Hall–Kier alpha value is -1.88. The van der Waals surface area contributed by atoms with Gasteiger partial charge in [0.25, 0.3) is 0 Å². The van der Waals surface area contributed by atoms with E-state index in [4.69, 9.17) is 4.74 Å². The van der Waals surface area contributed by atoms with E-state index in [9.17, 15) is 19.8 Å². The number of carbonyl (C=O) groups is 2. The van der Waals surface area contributed by atoms with Crippen molar-refractivity contribution in [3.8, 4) is 0 Å². The minimum Gasteiger partial charge on any atom is -0.511 e. The highest BCUT2D eigenvalue weighted by molar-refractivity contribution is 5.93. The predicted octanol–water partition coefficient (Wildman–Crippen LogP) is 5.20. The van der Waals surface area contributed by atoms with Gasteiger partial charge < -0.3 is 14.9 Å². The van der Waals surface area contributed by atoms with Crippen LogP contribution < -0.4 is 0 Å². The fourth-order valence-electron chi connectivity index (χ4n) is 3.32. The topological polar surface area (TPSA) is 83.8 Å². The summed E-state index contributed by atoms with van der Waals surface area (Å²) >= 11 is 0. The first kappa shape index (κ1) is 25.2. The Morgan fingerprint density at radius 3 is 2.38 bits per heavy atom. The minimum atomic E-state index is -1.34. The molecule has 0 spiro atoms. The van der Waals surface area contributed by atoms with Gasteiger partial charge in [-0.25, -0.2) is 0 Å². The van der Waals surface area contributed by atoms with Gasteiger partial charge in [-0.3, -0.25) is 9.59 Å². The van der Waals surface area contributed by atoms with Crippen LogP contribution in [0.3, 0.4) is 0 Å². The lowest BCUT2D eigenvalue weighted by atomic mass is 9.75. The third-order valence-electron chi connectivity index (χ3n) is 5.80. The van der Waals surface area contributed by atoms with Crippen molar-refractivity contribution < 1.29 is 24.5 Å². The average Bonchev–Trinajstić information content (AvgIpc) is 2.97. The molecule has 0 unspecified atom stereocenters. The summed E-state index contributed by atoms with van der Waals surface area (Å²) in [5.41, 5.74) is -0.413. The zero-order valence-corrected chi connectivity index (χ0v) is 19.0. The number of ketones is 1. The van der Waals surface area contributed by atoms with Crippen LogP contribution in [0.5, 0.6) is 0 Å². The molecule has 1 saturated heterocycles. The summed E-state index contributed by atoms with van der Waals surface area (Å²) in [6, 6.07) is 0. The highest BCUT2D eigenvalue weighted by Gasteiger charge is 2.56. The summed E-state index contributed by atoms with van der Waals surface area (Å²) in [5, 5.41) is 21.8. The van der Waals surface area contributed by atoms with Crippen molar-refractivity contribution in [1.82, 2.24) is 0 Å². The zero-order chi connectivity index (χ0) is 22.4. The Bertz CT molecular complexity index is 690. The number of carbonyl (C=O) groups excluding carboxylic acids is 2. The summed E-state index contributed by atoms with van der Waals surface area (Å²) in [4.78, 5) is 25.3. The van der Waals surface area contributed by atoms with Gasteiger partial charge in [0.05, 0.1) is 5.60 Å². The molecular formula is C24H38O5. The Balaban J connectivity index is 3.22. The second-order valence-corrected chi connectivity index (χ2v) is 9.08. The first-order chi connectivity index (χ1) is 13.4. The Labute approximate surface area is 175 Å². The molecule has 0 radical (unpaired) electrons. The van der Waals surface area contributed by atoms with E-state index in [2.05, 4.69) is 0 Å². The molecule has 1 fully saturated rings. The molecule has 5 heteroatoms. The van der Waals surface area contributed by atoms with Gasteiger partial charge in [0, 0.05) is 18.4 Å². The van der Waals surface area contributed by atoms with Gasteiger partial charge in [0.15, 0.2) is 5.78 Å². The van der Waals surface area contributed by atoms with Crippen molar-refractivity contribution in [2.75, 3.05) is 0 Å². The van der Waals surface area contributed by atoms with Crippen LogP contribution >= 0.6 is 0 Å². The minimum absolute atomic E-state index is 0.132. The molecule has 1 heterocycles. The standard InChI is InChI=1S/C24H38O5/c1-8-18(6)19(25)14-20(26)24(13-11-17(4)5)15-21(29-22(24)27)23(7,28)12-9-10-16(2)3/h10-11,14,18,21,26,28H,8-9,12-13,15H2,1-7H3/b20-14-/t18-,21-,23+,24+/m0/s1. The van der Waals surface area contributed by atoms with Crippen LogP contribution in [0.25, 0.3) is 0 Å². The number of hydrogen-bond acceptors (Lipinski definition) is 5. The normalized spacial score (nSPS) is 25.0. The summed E-state index contributed by atoms with van der Waals surface area (Å²) < 4.78 is 5.57. The van der Waals surface area contributed by atoms with Crippen LogP contribution in [0.4, 0.5) is 0 Å². The van der Waals surface area contributed by atoms with E-state index in [1.54, 1.807) is 13.8 Å². The SMILES string of the molecule is CC[C@H](C)C(=O)/C=C(\O)[C@@]1(CC=C(C)C)C[C@@H]([C@](C)(O)CCC=C(C)C)OC1=O. The molecule has 0 bridgehead atoms. The first-order valence-electron chi connectivity index (χ1n) is 10.5. The number of aliphatic hydroxyl groups is 2. The van der Waals surface area contributed by atoms with Crippen molar-refractivity contribution in [3.63, 3.8) is 0 Å². The van der Waals surface area contributed by atoms with Gasteiger partial charge >= 0.3 is 5.97 Å². The fourth-order valence-corrected chi connectivity index (χ4v) is 3.32. The number of rotatable bonds is 10. The third-order valence-corrected chi connectivity index (χ3v) is 5.80. The maximum Gasteiger partial charge on any atom is 0.320 e. The molecule has 1 aliphatic rings. The molecule has 0 amide bonds. The second kappa shape index (κ2) is 10.2. The molecule has 29 heavy (non-hydrogen) atoms. The van der Waals surface area contributed by atoms with Gasteiger partial charge in [-0.1, -0.05) is 37.1 Å². The summed E-state index contributed by atoms with van der Waals surface area (Å²) in [6.45, 7) is 13.1. The van der Waals surface area contributed by atoms with Crippen LogP contribution in [0.15, 0.2) is 35.1 Å². The number of ether oxygens (including phenoxy) is 1. The van der Waals surface area contributed by atoms with E-state index < -0.39 is 23.1 Å². The monoisotopic (exact) mass is 406 g/mol. The van der Waals surface area contributed by atoms with Crippen molar-refractivity contribution in [2.45, 2.75) is 92.3 Å². The molecule has 2 N–H and O–H groups in total. The molecule has 0 aliphatic carbocycles. The van der Waals surface area contributed by atoms with Crippen LogP contribution in [0, 0.1) is 11.3 Å². The maximum atomic E-state index is 12.9. The van der Waals surface area contributed by atoms with Crippen molar-refractivity contribution in [2.24, 2.45) is 11.3 Å². The highest BCUT2D eigenvalue weighted by Crippen LogP contribution is 2.46. The Morgan fingerprint density at radius 2 is 1.86 bits per heavy atom. The van der Waals surface area contributed by atoms with Crippen molar-refractivity contribution in [1.29, 1.82) is 0 Å². The van der Waals surface area contributed by atoms with Crippen LogP contribution in [-0.4, -0.2) is 33.7 Å². The average molecular weight is 407 g/mol. The molecule has 0 aromatic heterocycles. The van der Waals surface area contributed by atoms with E-state index in [1.807, 2.05) is 46.8 Å². The van der Waals surface area contributed by atoms with Gasteiger partial charge in [0.1, 0.15) is 17.3 Å². The molecular weight excluding hydrogens is 368 g/mol. The smallest absolute Gasteiger partial charge is 0.320 e. The van der Waals surface area contributed by atoms with Gasteiger partial charge in [-0.2, -0.15) is 0 Å². The molecule has 0 saturated carbocycles. The Kier molecular flexibility index (Phi) is 8.88. The van der Waals surface area contributed by atoms with Crippen molar-refractivity contribution in [3.05, 3.63) is 35.1 Å². The summed E-state index contributed by atoms with van der Waals surface area (Å²) in [7, 11) is 0. The van der Waals surface area contributed by atoms with E-state index in [0.29, 0.717) is 19.3 Å². The summed E-state index contributed by atoms with van der Waals surface area (Å²) in [6.07, 6.45) is 6.43. The van der Waals surface area contributed by atoms with Crippen LogP contribution in [0.1, 0.15) is 80.6 Å². The largest absolute Gasteiger partial charge is 0.511 e. The van der Waals surface area contributed by atoms with Crippen LogP contribution in [0.2, 0.25) is 0 Å². The number of hydrogen-bond donors (Lipinski definition) is 2. The maximum absolute atomic E-state index is 12.9. The predicted molar refractivity (Wildman–Crippen MR) is 115 cm³/mol. The van der Waals surface area contributed by atoms with Crippen molar-refractivity contribution >= 4 is 11.8 Å². The fraction of sp³-hybridized carbons (Fsp3) is 0.667. The van der Waals surface area contributed by atoms with Gasteiger partial charge in [0.2, 0.25) is 0 Å². The lowest BCUT2D eigenvalue weighted by molar-refractivity contribution is -0.156. The lowest BCUT2D eigenvalue weighted by Gasteiger charge is -2.29. The summed E-state index contributed by atoms with van der Waals surface area (Å²) in [5.74, 6) is -1.31. The van der Waals surface area contributed by atoms with E-state index in [0.717, 1.165) is 11.1 Å². The number of aliphatic hydroxyl groups excluding tert-OH is 1. The quantitative estimate of drug-likeness (QED) is 0.225. The molecule has 164 valence electrons. The molecule has 0 aromatic carbocycles. The third kappa shape index (κ3) is 6.56. The number of allylic oxidation sites excluding steroid dienone is 5. The first-order valence-corrected chi connectivity index (χ1v) is 10.5. The van der Waals surface area contributed by atoms with E-state index in [-0.39, 0.29) is 30.3 Å². The lowest BCUT2D eigenvalue weighted by Crippen LogP contribution is -2.39.